The normalized spacial score (nSPS) is 13.2. The van der Waals surface area contributed by atoms with Gasteiger partial charge in [0.05, 0.1) is 4.34 Å². The molecule has 1 aromatic rings. The first kappa shape index (κ1) is 20.6. The van der Waals surface area contributed by atoms with Crippen LogP contribution in [0.3, 0.4) is 0 Å². The molecule has 0 saturated heterocycles. The molecule has 1 rings (SSSR count). The maximum Gasteiger partial charge on any atom is 0.534 e. The largest absolute Gasteiger partial charge is 0.534 e. The Labute approximate surface area is 151 Å². The summed E-state index contributed by atoms with van der Waals surface area (Å²) < 4.78 is 11.0. The molecule has 24 heavy (non-hydrogen) atoms. The number of hydroxylamine groups is 2. The molecular formula is C16H24ClNO5S. The van der Waals surface area contributed by atoms with Gasteiger partial charge in [0.1, 0.15) is 17.2 Å². The zero-order chi connectivity index (χ0) is 18.7. The van der Waals surface area contributed by atoms with Gasteiger partial charge < -0.3 is 9.47 Å². The Morgan fingerprint density at radius 1 is 1.08 bits per heavy atom. The average molecular weight is 378 g/mol. The van der Waals surface area contributed by atoms with Gasteiger partial charge in [-0.1, -0.05) is 11.6 Å². The Morgan fingerprint density at radius 3 is 2.04 bits per heavy atom. The number of ether oxygens (including phenoxy) is 2. The fourth-order valence-corrected chi connectivity index (χ4v) is 2.69. The summed E-state index contributed by atoms with van der Waals surface area (Å²) in [4.78, 5) is 30.3. The number of hydrogen-bond acceptors (Lipinski definition) is 6. The van der Waals surface area contributed by atoms with E-state index in [9.17, 15) is 9.59 Å². The van der Waals surface area contributed by atoms with Crippen LogP contribution in [0.25, 0.3) is 0 Å². The fourth-order valence-electron chi connectivity index (χ4n) is 1.60. The van der Waals surface area contributed by atoms with Crippen LogP contribution in [0.4, 0.5) is 9.59 Å². The van der Waals surface area contributed by atoms with Crippen LogP contribution in [-0.4, -0.2) is 28.5 Å². The monoisotopic (exact) mass is 377 g/mol. The fraction of sp³-hybridized carbons (Fsp3) is 0.625. The van der Waals surface area contributed by atoms with Crippen molar-refractivity contribution in [2.75, 3.05) is 0 Å². The molecule has 0 spiro atoms. The van der Waals surface area contributed by atoms with E-state index in [1.54, 1.807) is 60.6 Å². The highest BCUT2D eigenvalue weighted by atomic mass is 35.5. The number of thiophene rings is 1. The van der Waals surface area contributed by atoms with Crippen LogP contribution >= 0.6 is 22.9 Å². The second-order valence-corrected chi connectivity index (χ2v) is 8.93. The Hall–Kier alpha value is -1.47. The number of rotatable bonds is 2. The van der Waals surface area contributed by atoms with Crippen LogP contribution in [0.1, 0.15) is 59.4 Å². The molecule has 1 atom stereocenters. The van der Waals surface area contributed by atoms with E-state index in [2.05, 4.69) is 0 Å². The van der Waals surface area contributed by atoms with E-state index in [0.717, 1.165) is 9.94 Å². The maximum absolute atomic E-state index is 12.4. The van der Waals surface area contributed by atoms with E-state index in [1.807, 2.05) is 0 Å². The SMILES string of the molecule is CC(c1ccc(Cl)s1)N(OC(=O)OC(C)(C)C)C(=O)OC(C)(C)C. The minimum absolute atomic E-state index is 0.568. The van der Waals surface area contributed by atoms with Crippen LogP contribution in [-0.2, 0) is 14.3 Å². The molecule has 0 aliphatic heterocycles. The van der Waals surface area contributed by atoms with Crippen molar-refractivity contribution in [2.45, 2.75) is 65.7 Å². The zero-order valence-electron chi connectivity index (χ0n) is 15.0. The molecule has 1 unspecified atom stereocenters. The van der Waals surface area contributed by atoms with Gasteiger partial charge in [-0.2, -0.15) is 0 Å². The quantitative estimate of drug-likeness (QED) is 0.498. The predicted octanol–water partition coefficient (Wildman–Crippen LogP) is 5.57. The summed E-state index contributed by atoms with van der Waals surface area (Å²) in [6.45, 7) is 12.0. The number of nitrogens with zero attached hydrogens (tertiary/aromatic N) is 1. The van der Waals surface area contributed by atoms with Crippen LogP contribution in [0.2, 0.25) is 4.34 Å². The van der Waals surface area contributed by atoms with Gasteiger partial charge in [-0.25, -0.2) is 9.59 Å². The molecular weight excluding hydrogens is 354 g/mol. The van der Waals surface area contributed by atoms with Gasteiger partial charge >= 0.3 is 12.2 Å². The molecule has 1 aromatic heterocycles. The van der Waals surface area contributed by atoms with Crippen molar-refractivity contribution in [3.63, 3.8) is 0 Å². The number of carbonyl (C=O) groups excluding carboxylic acids is 2. The summed E-state index contributed by atoms with van der Waals surface area (Å²) >= 11 is 7.22. The molecule has 0 saturated carbocycles. The Balaban J connectivity index is 2.98. The van der Waals surface area contributed by atoms with Gasteiger partial charge in [0, 0.05) is 4.88 Å². The molecule has 136 valence electrons. The second kappa shape index (κ2) is 7.61. The molecule has 0 aliphatic carbocycles. The summed E-state index contributed by atoms with van der Waals surface area (Å²) in [7, 11) is 0. The molecule has 0 N–H and O–H groups in total. The first-order valence-corrected chi connectivity index (χ1v) is 8.66. The lowest BCUT2D eigenvalue weighted by Crippen LogP contribution is -2.40. The van der Waals surface area contributed by atoms with Crippen molar-refractivity contribution < 1.29 is 23.9 Å². The van der Waals surface area contributed by atoms with E-state index in [0.29, 0.717) is 4.34 Å². The summed E-state index contributed by atoms with van der Waals surface area (Å²) in [5, 5.41) is 0.863. The van der Waals surface area contributed by atoms with E-state index >= 15 is 0 Å². The van der Waals surface area contributed by atoms with E-state index in [-0.39, 0.29) is 0 Å². The molecule has 1 amide bonds. The molecule has 0 aromatic carbocycles. The van der Waals surface area contributed by atoms with Crippen LogP contribution < -0.4 is 0 Å². The molecule has 8 heteroatoms. The third kappa shape index (κ3) is 6.97. The van der Waals surface area contributed by atoms with Crippen molar-refractivity contribution in [3.8, 4) is 0 Å². The first-order chi connectivity index (χ1) is 10.8. The summed E-state index contributed by atoms with van der Waals surface area (Å²) in [5.41, 5.74) is -1.48. The Morgan fingerprint density at radius 2 is 1.62 bits per heavy atom. The van der Waals surface area contributed by atoms with Crippen molar-refractivity contribution in [1.82, 2.24) is 5.06 Å². The van der Waals surface area contributed by atoms with Gasteiger partial charge in [0.15, 0.2) is 0 Å². The summed E-state index contributed by atoms with van der Waals surface area (Å²) in [5.74, 6) is 0. The topological polar surface area (TPSA) is 65.1 Å². The van der Waals surface area contributed by atoms with Crippen molar-refractivity contribution >= 4 is 35.2 Å². The van der Waals surface area contributed by atoms with Crippen molar-refractivity contribution in [3.05, 3.63) is 21.3 Å². The molecule has 0 radical (unpaired) electrons. The average Bonchev–Trinajstić information content (AvgIpc) is 2.77. The lowest BCUT2D eigenvalue weighted by atomic mass is 10.2. The number of carbonyl (C=O) groups is 2. The third-order valence-corrected chi connectivity index (χ3v) is 3.89. The predicted molar refractivity (Wildman–Crippen MR) is 93.1 cm³/mol. The minimum atomic E-state index is -0.983. The van der Waals surface area contributed by atoms with Gasteiger partial charge in [-0.3, -0.25) is 4.84 Å². The highest BCUT2D eigenvalue weighted by Crippen LogP contribution is 2.31. The lowest BCUT2D eigenvalue weighted by molar-refractivity contribution is -0.153. The number of hydrogen-bond donors (Lipinski definition) is 0. The Bertz CT molecular complexity index is 588. The molecule has 0 bridgehead atoms. The van der Waals surface area contributed by atoms with Crippen LogP contribution in [0, 0.1) is 0 Å². The van der Waals surface area contributed by atoms with Crippen LogP contribution in [0.15, 0.2) is 12.1 Å². The van der Waals surface area contributed by atoms with Crippen molar-refractivity contribution in [1.29, 1.82) is 0 Å². The minimum Gasteiger partial charge on any atom is -0.442 e. The zero-order valence-corrected chi connectivity index (χ0v) is 16.6. The lowest BCUT2D eigenvalue weighted by Gasteiger charge is -2.30. The molecule has 0 fully saturated rings. The van der Waals surface area contributed by atoms with Gasteiger partial charge in [-0.05, 0) is 60.6 Å². The number of halogens is 1. The van der Waals surface area contributed by atoms with Gasteiger partial charge in [0.25, 0.3) is 0 Å². The highest BCUT2D eigenvalue weighted by molar-refractivity contribution is 7.16. The highest BCUT2D eigenvalue weighted by Gasteiger charge is 2.33. The summed E-state index contributed by atoms with van der Waals surface area (Å²) in [6.07, 6.45) is -1.77. The van der Waals surface area contributed by atoms with E-state index < -0.39 is 29.5 Å². The van der Waals surface area contributed by atoms with Crippen molar-refractivity contribution in [2.24, 2.45) is 0 Å². The third-order valence-electron chi connectivity index (χ3n) is 2.49. The maximum atomic E-state index is 12.4. The summed E-state index contributed by atoms with van der Waals surface area (Å²) in [6, 6.07) is 2.89. The van der Waals surface area contributed by atoms with Gasteiger partial charge in [-0.15, -0.1) is 16.4 Å². The van der Waals surface area contributed by atoms with Crippen LogP contribution in [0.5, 0.6) is 0 Å². The second-order valence-electron chi connectivity index (χ2n) is 7.18. The molecule has 1 heterocycles. The number of amides is 1. The molecule has 0 aliphatic rings. The van der Waals surface area contributed by atoms with E-state index in [4.69, 9.17) is 25.9 Å². The van der Waals surface area contributed by atoms with Gasteiger partial charge in [0.2, 0.25) is 0 Å². The Kier molecular flexibility index (Phi) is 6.52. The van der Waals surface area contributed by atoms with E-state index in [1.165, 1.54) is 11.3 Å². The smallest absolute Gasteiger partial charge is 0.442 e. The first-order valence-electron chi connectivity index (χ1n) is 7.47. The molecule has 6 nitrogen and oxygen atoms in total. The standard InChI is InChI=1S/C16H24ClNO5S/c1-10(11-8-9-12(17)24-11)18(13(19)21-15(2,3)4)23-14(20)22-16(5,6)7/h8-10H,1-7H3.